The molecule has 1 amide bonds. The van der Waals surface area contributed by atoms with Crippen molar-refractivity contribution in [1.29, 1.82) is 5.26 Å². The van der Waals surface area contributed by atoms with Gasteiger partial charge in [0, 0.05) is 16.7 Å². The molecule has 0 radical (unpaired) electrons. The molecule has 3 aromatic carbocycles. The Morgan fingerprint density at radius 2 is 1.68 bits per heavy atom. The maximum atomic E-state index is 13.5. The van der Waals surface area contributed by atoms with Crippen molar-refractivity contribution in [2.45, 2.75) is 30.5 Å². The van der Waals surface area contributed by atoms with Crippen LogP contribution in [0.4, 0.5) is 5.69 Å². The van der Waals surface area contributed by atoms with E-state index >= 15 is 0 Å². The lowest BCUT2D eigenvalue weighted by Crippen LogP contribution is -2.25. The van der Waals surface area contributed by atoms with Gasteiger partial charge >= 0.3 is 0 Å². The summed E-state index contributed by atoms with van der Waals surface area (Å²) in [6, 6.07) is 26.8. The number of benzene rings is 3. The van der Waals surface area contributed by atoms with E-state index in [1.54, 1.807) is 20.3 Å². The van der Waals surface area contributed by atoms with Crippen LogP contribution in [0.2, 0.25) is 0 Å². The normalized spacial score (nSPS) is 11.3. The van der Waals surface area contributed by atoms with E-state index in [0.717, 1.165) is 5.56 Å². The monoisotopic (exact) mass is 553 g/mol. The first-order valence-corrected chi connectivity index (χ1v) is 13.8. The number of anilines is 1. The van der Waals surface area contributed by atoms with Crippen LogP contribution in [0.15, 0.2) is 83.9 Å². The second kappa shape index (κ2) is 13.5. The Bertz CT molecular complexity index is 1520. The number of rotatable bonds is 11. The molecule has 0 bridgehead atoms. The molecule has 1 atom stereocenters. The molecule has 1 unspecified atom stereocenters. The number of hydrogen-bond acceptors (Lipinski definition) is 7. The molecule has 1 N–H and O–H groups in total. The molecule has 0 aliphatic rings. The fourth-order valence-electron chi connectivity index (χ4n) is 4.30. The fraction of sp³-hybridized carbons (Fsp3) is 0.219. The smallest absolute Gasteiger partial charge is 0.238 e. The number of nitrogens with zero attached hydrogens (tertiary/aromatic N) is 2. The number of thioether (sulfide) groups is 1. The van der Waals surface area contributed by atoms with Crippen LogP contribution in [0.3, 0.4) is 0 Å². The van der Waals surface area contributed by atoms with Gasteiger partial charge in [-0.3, -0.25) is 4.79 Å². The molecule has 8 heteroatoms. The Labute approximate surface area is 239 Å². The third-order valence-corrected chi connectivity index (χ3v) is 7.57. The Hall–Kier alpha value is -4.48. The summed E-state index contributed by atoms with van der Waals surface area (Å²) in [6.07, 6.45) is 0.521. The van der Waals surface area contributed by atoms with Crippen molar-refractivity contribution in [1.82, 2.24) is 4.98 Å². The molecule has 0 spiro atoms. The van der Waals surface area contributed by atoms with Crippen molar-refractivity contribution < 1.29 is 19.0 Å². The molecule has 204 valence electrons. The first-order valence-electron chi connectivity index (χ1n) is 13.0. The zero-order chi connectivity index (χ0) is 28.5. The summed E-state index contributed by atoms with van der Waals surface area (Å²) >= 11 is 1.27. The predicted molar refractivity (Wildman–Crippen MR) is 159 cm³/mol. The van der Waals surface area contributed by atoms with Gasteiger partial charge in [0.1, 0.15) is 16.8 Å². The molecule has 40 heavy (non-hydrogen) atoms. The third-order valence-electron chi connectivity index (χ3n) is 6.22. The molecular formula is C32H31N3O4S. The van der Waals surface area contributed by atoms with Crippen LogP contribution in [0.1, 0.15) is 25.8 Å². The molecule has 4 rings (SSSR count). The van der Waals surface area contributed by atoms with Crippen LogP contribution in [0.25, 0.3) is 22.4 Å². The van der Waals surface area contributed by atoms with Gasteiger partial charge in [0.15, 0.2) is 11.5 Å². The fourth-order valence-corrected chi connectivity index (χ4v) is 5.33. The second-order valence-electron chi connectivity index (χ2n) is 8.69. The number of nitrogens with one attached hydrogen (secondary N) is 1. The number of pyridine rings is 1. The number of ether oxygens (including phenoxy) is 3. The van der Waals surface area contributed by atoms with Gasteiger partial charge in [-0.05, 0) is 37.6 Å². The first kappa shape index (κ1) is 28.5. The molecule has 0 aliphatic heterocycles. The number of nitriles is 1. The summed E-state index contributed by atoms with van der Waals surface area (Å²) in [7, 11) is 3.14. The third kappa shape index (κ3) is 6.22. The number of amides is 1. The zero-order valence-corrected chi connectivity index (χ0v) is 23.7. The van der Waals surface area contributed by atoms with Crippen LogP contribution < -0.4 is 19.5 Å². The molecule has 1 heterocycles. The van der Waals surface area contributed by atoms with Gasteiger partial charge in [0.25, 0.3) is 0 Å². The van der Waals surface area contributed by atoms with E-state index in [1.165, 1.54) is 11.8 Å². The van der Waals surface area contributed by atoms with Gasteiger partial charge in [-0.25, -0.2) is 4.98 Å². The standard InChI is InChI=1S/C32H31N3O4S/c1-5-29(31(36)34-25-16-10-11-17-27(25)39-6-2)40-32-24(20-33)23(19-26(35-32)21-13-8-7-9-14-21)22-15-12-18-28(37-3)30(22)38-4/h7-19,29H,5-6H2,1-4H3,(H,34,36). The highest BCUT2D eigenvalue weighted by Gasteiger charge is 2.25. The highest BCUT2D eigenvalue weighted by molar-refractivity contribution is 8.00. The van der Waals surface area contributed by atoms with E-state index in [-0.39, 0.29) is 5.91 Å². The molecule has 0 saturated carbocycles. The van der Waals surface area contributed by atoms with Gasteiger partial charge in [-0.2, -0.15) is 5.26 Å². The second-order valence-corrected chi connectivity index (χ2v) is 9.88. The van der Waals surface area contributed by atoms with Gasteiger partial charge in [0.05, 0.1) is 43.0 Å². The number of methoxy groups -OCH3 is 2. The molecule has 0 aliphatic carbocycles. The van der Waals surface area contributed by atoms with Crippen LogP contribution >= 0.6 is 11.8 Å². The predicted octanol–water partition coefficient (Wildman–Crippen LogP) is 7.21. The quantitative estimate of drug-likeness (QED) is 0.196. The highest BCUT2D eigenvalue weighted by atomic mass is 32.2. The Morgan fingerprint density at radius 3 is 2.35 bits per heavy atom. The van der Waals surface area contributed by atoms with Crippen molar-refractivity contribution in [2.75, 3.05) is 26.1 Å². The van der Waals surface area contributed by atoms with Gasteiger partial charge in [0.2, 0.25) is 5.91 Å². The Kier molecular flexibility index (Phi) is 9.66. The number of carbonyl (C=O) groups is 1. The van der Waals surface area contributed by atoms with E-state index in [4.69, 9.17) is 19.2 Å². The summed E-state index contributed by atoms with van der Waals surface area (Å²) in [5.41, 5.74) is 3.87. The molecule has 7 nitrogen and oxygen atoms in total. The largest absolute Gasteiger partial charge is 0.493 e. The van der Waals surface area contributed by atoms with Crippen LogP contribution in [0, 0.1) is 11.3 Å². The molecule has 0 saturated heterocycles. The maximum absolute atomic E-state index is 13.5. The van der Waals surface area contributed by atoms with E-state index in [0.29, 0.717) is 63.4 Å². The minimum atomic E-state index is -0.514. The Balaban J connectivity index is 1.81. The number of aromatic nitrogens is 1. The topological polar surface area (TPSA) is 93.5 Å². The molecular weight excluding hydrogens is 522 g/mol. The van der Waals surface area contributed by atoms with Crippen LogP contribution in [0.5, 0.6) is 17.2 Å². The summed E-state index contributed by atoms with van der Waals surface area (Å²) in [4.78, 5) is 18.3. The van der Waals surface area contributed by atoms with Gasteiger partial charge < -0.3 is 19.5 Å². The van der Waals surface area contributed by atoms with Crippen molar-refractivity contribution in [3.05, 3.63) is 84.4 Å². The lowest BCUT2D eigenvalue weighted by molar-refractivity contribution is -0.115. The van der Waals surface area contributed by atoms with E-state index in [2.05, 4.69) is 11.4 Å². The number of carbonyl (C=O) groups excluding carboxylic acids is 1. The summed E-state index contributed by atoms with van der Waals surface area (Å²) in [5.74, 6) is 1.47. The van der Waals surface area contributed by atoms with Crippen LogP contribution in [-0.4, -0.2) is 37.0 Å². The average Bonchev–Trinajstić information content (AvgIpc) is 3.00. The van der Waals surface area contributed by atoms with E-state index in [9.17, 15) is 10.1 Å². The molecule has 1 aromatic heterocycles. The van der Waals surface area contributed by atoms with E-state index < -0.39 is 5.25 Å². The maximum Gasteiger partial charge on any atom is 0.238 e. The Morgan fingerprint density at radius 1 is 0.950 bits per heavy atom. The van der Waals surface area contributed by atoms with Gasteiger partial charge in [-0.15, -0.1) is 0 Å². The van der Waals surface area contributed by atoms with Crippen molar-refractivity contribution >= 4 is 23.4 Å². The van der Waals surface area contributed by atoms with Crippen molar-refractivity contribution in [3.8, 4) is 45.7 Å². The van der Waals surface area contributed by atoms with Crippen molar-refractivity contribution in [3.63, 3.8) is 0 Å². The van der Waals surface area contributed by atoms with Crippen molar-refractivity contribution in [2.24, 2.45) is 0 Å². The minimum Gasteiger partial charge on any atom is -0.493 e. The number of hydrogen-bond donors (Lipinski definition) is 1. The zero-order valence-electron chi connectivity index (χ0n) is 22.9. The van der Waals surface area contributed by atoms with E-state index in [1.807, 2.05) is 86.6 Å². The minimum absolute atomic E-state index is 0.198. The molecule has 0 fully saturated rings. The SMILES string of the molecule is CCOc1ccccc1NC(=O)C(CC)Sc1nc(-c2ccccc2)cc(-c2cccc(OC)c2OC)c1C#N. The lowest BCUT2D eigenvalue weighted by Gasteiger charge is -2.19. The summed E-state index contributed by atoms with van der Waals surface area (Å²) in [6.45, 7) is 4.31. The highest BCUT2D eigenvalue weighted by Crippen LogP contribution is 2.43. The lowest BCUT2D eigenvalue weighted by atomic mass is 9.98. The van der Waals surface area contributed by atoms with Crippen LogP contribution in [-0.2, 0) is 4.79 Å². The average molecular weight is 554 g/mol. The van der Waals surface area contributed by atoms with Gasteiger partial charge in [-0.1, -0.05) is 73.3 Å². The summed E-state index contributed by atoms with van der Waals surface area (Å²) < 4.78 is 16.9. The summed E-state index contributed by atoms with van der Waals surface area (Å²) in [5, 5.41) is 13.3. The first-order chi connectivity index (χ1) is 19.5. The number of para-hydroxylation sites is 3. The molecule has 4 aromatic rings.